The first kappa shape index (κ1) is 84.3. The molecule has 0 radical (unpaired) electrons. The second-order valence-electron chi connectivity index (χ2n) is 34.2. The predicted octanol–water partition coefficient (Wildman–Crippen LogP) is 27.7. The van der Waals surface area contributed by atoms with Gasteiger partial charge in [-0.1, -0.05) is 302 Å². The Labute approximate surface area is 739 Å². The van der Waals surface area contributed by atoms with Crippen LogP contribution >= 0.6 is 0 Å². The van der Waals surface area contributed by atoms with E-state index in [1.807, 2.05) is 0 Å². The summed E-state index contributed by atoms with van der Waals surface area (Å²) < 4.78 is 18.6. The number of para-hydroxylation sites is 4. The molecule has 0 spiro atoms. The van der Waals surface area contributed by atoms with Crippen LogP contribution in [0.5, 0.6) is 0 Å². The SMILES string of the molecule is Cc1c(-c2c3ccccc3cc[n+]2C)n(-c2c(-c3ccccc3)cccc2-c2ccccc2)c2ccccc12.Cc1ccc(-n2ccc(C)c2-c2ccc(-c3ccccc3)c[n+]2C)c(C)c1.Cc1ccn(-c2c(C(C)C)cccc2C(C)C)c1-c1ccc(-c2ccccc2)c[n+]1C.Cc1ccn(-c2ccccc2C(C)C)c1-c1ccc(-c2ccccc2)c[n+]1C. The summed E-state index contributed by atoms with van der Waals surface area (Å²) >= 11 is 0. The Balaban J connectivity index is 0.000000124. The molecule has 0 N–H and O–H groups in total. The average molecular weight is 1630 g/mol. The van der Waals surface area contributed by atoms with Crippen molar-refractivity contribution in [2.24, 2.45) is 28.2 Å². The van der Waals surface area contributed by atoms with Gasteiger partial charge in [0.05, 0.1) is 22.3 Å². The summed E-state index contributed by atoms with van der Waals surface area (Å²) in [5, 5.41) is 3.75. The van der Waals surface area contributed by atoms with Crippen molar-refractivity contribution in [1.82, 2.24) is 18.3 Å². The fourth-order valence-corrected chi connectivity index (χ4v) is 18.2. The van der Waals surface area contributed by atoms with E-state index >= 15 is 0 Å². The molecular weight excluding hydrogens is 1520 g/mol. The Morgan fingerprint density at radius 1 is 0.264 bits per heavy atom. The lowest BCUT2D eigenvalue weighted by Gasteiger charge is -2.22. The second kappa shape index (κ2) is 37.2. The van der Waals surface area contributed by atoms with Gasteiger partial charge in [-0.15, -0.1) is 0 Å². The monoisotopic (exact) mass is 1630 g/mol. The smallest absolute Gasteiger partial charge is 0.237 e. The first-order chi connectivity index (χ1) is 60.7. The summed E-state index contributed by atoms with van der Waals surface area (Å²) in [7, 11) is 8.56. The first-order valence-corrected chi connectivity index (χ1v) is 43.9. The number of pyridine rings is 4. The highest BCUT2D eigenvalue weighted by atomic mass is 15.1. The topological polar surface area (TPSA) is 35.2 Å². The summed E-state index contributed by atoms with van der Waals surface area (Å²) in [5.74, 6) is 1.39. The van der Waals surface area contributed by atoms with Crippen LogP contribution in [0.25, 0.3) is 146 Å². The molecule has 8 heterocycles. The summed E-state index contributed by atoms with van der Waals surface area (Å²) in [6, 6.07) is 122. The molecule has 8 aromatic heterocycles. The quantitative estimate of drug-likeness (QED) is 0.0865. The second-order valence-corrected chi connectivity index (χ2v) is 34.2. The molecule has 8 heteroatoms. The van der Waals surface area contributed by atoms with Crippen LogP contribution in [0.15, 0.2) is 383 Å². The minimum absolute atomic E-state index is 0.457. The molecule has 19 aromatic rings. The number of fused-ring (bicyclic) bond motifs is 2. The molecule has 8 nitrogen and oxygen atoms in total. The predicted molar refractivity (Wildman–Crippen MR) is 522 cm³/mol. The number of hydrogen-bond acceptors (Lipinski definition) is 0. The molecule has 19 rings (SSSR count). The Morgan fingerprint density at radius 3 is 1.10 bits per heavy atom. The first-order valence-electron chi connectivity index (χ1n) is 43.9. The fourth-order valence-electron chi connectivity index (χ4n) is 18.2. The largest absolute Gasteiger partial charge is 0.311 e. The van der Waals surface area contributed by atoms with E-state index in [1.54, 1.807) is 0 Å². The molecule has 618 valence electrons. The van der Waals surface area contributed by atoms with Crippen molar-refractivity contribution in [2.45, 2.75) is 101 Å². The summed E-state index contributed by atoms with van der Waals surface area (Å²) in [6.07, 6.45) is 15.5. The van der Waals surface area contributed by atoms with E-state index < -0.39 is 0 Å². The van der Waals surface area contributed by atoms with Crippen LogP contribution < -0.4 is 18.3 Å². The van der Waals surface area contributed by atoms with Gasteiger partial charge in [0.1, 0.15) is 51.0 Å². The molecule has 0 saturated carbocycles. The Bertz CT molecular complexity index is 6950. The molecule has 0 atom stereocenters. The number of hydrogen-bond donors (Lipinski definition) is 0. The lowest BCUT2D eigenvalue weighted by atomic mass is 9.92. The highest BCUT2D eigenvalue weighted by Crippen LogP contribution is 2.45. The van der Waals surface area contributed by atoms with E-state index in [4.69, 9.17) is 0 Å². The zero-order valence-corrected chi connectivity index (χ0v) is 75.2. The van der Waals surface area contributed by atoms with Gasteiger partial charge < -0.3 is 18.3 Å². The van der Waals surface area contributed by atoms with Crippen molar-refractivity contribution in [3.63, 3.8) is 0 Å². The molecule has 0 aliphatic carbocycles. The molecule has 0 saturated heterocycles. The molecule has 0 unspecified atom stereocenters. The number of nitrogens with zero attached hydrogens (tertiary/aromatic N) is 8. The van der Waals surface area contributed by atoms with Crippen LogP contribution in [0.3, 0.4) is 0 Å². The van der Waals surface area contributed by atoms with Crippen molar-refractivity contribution >= 4 is 21.7 Å². The van der Waals surface area contributed by atoms with Gasteiger partial charge in [0.2, 0.25) is 22.8 Å². The third-order valence-corrected chi connectivity index (χ3v) is 24.6. The number of rotatable bonds is 16. The average Bonchev–Trinajstić information content (AvgIpc) is 1.59. The Hall–Kier alpha value is -14.3. The molecule has 125 heavy (non-hydrogen) atoms. The summed E-state index contributed by atoms with van der Waals surface area (Å²) in [6.45, 7) is 26.8. The van der Waals surface area contributed by atoms with Gasteiger partial charge in [0.25, 0.3) is 0 Å². The van der Waals surface area contributed by atoms with E-state index in [9.17, 15) is 0 Å². The third-order valence-electron chi connectivity index (χ3n) is 24.6. The summed E-state index contributed by atoms with van der Waals surface area (Å²) in [5.41, 5.74) is 40.1. The standard InChI is InChI=1S/C37H29N2.C29H33N2.C26H27N2.C25H25N2/c1-26-30-19-11-12-23-34(30)39(35(26)37-33-20-10-9-18-29(33)24-25-38(37)2)36-31(27-14-5-3-6-15-27)21-13-22-32(36)28-16-7-4-8-17-28;1-20(2)25-13-10-14-26(21(3)4)29(25)31-18-17-22(5)28(31)27-16-15-24(19-30(27)6)23-11-8-7-9-12-23;1-19(2)23-12-8-9-13-24(23)28-17-16-20(3)26(28)25-15-14-22(18-27(25)4)21-10-6-5-7-11-21;1-18-10-12-23(20(3)16-18)27-15-14-19(2)25(27)24-13-11-22(17-26(24)4)21-8-6-5-7-9-21/h3-25H,1-2H3;7-21H,1-6H3;5-19H,1-4H3;5-17H,1-4H3/q4*+1. The molecule has 11 aromatic carbocycles. The lowest BCUT2D eigenvalue weighted by molar-refractivity contribution is -0.660. The van der Waals surface area contributed by atoms with E-state index in [2.05, 4.69) is 531 Å². The van der Waals surface area contributed by atoms with Crippen LogP contribution in [0.1, 0.15) is 109 Å². The van der Waals surface area contributed by atoms with Crippen molar-refractivity contribution in [1.29, 1.82) is 0 Å². The maximum atomic E-state index is 2.51. The lowest BCUT2D eigenvalue weighted by Crippen LogP contribution is -2.31. The van der Waals surface area contributed by atoms with Crippen molar-refractivity contribution < 1.29 is 18.3 Å². The van der Waals surface area contributed by atoms with Gasteiger partial charge in [-0.2, -0.15) is 18.3 Å². The maximum Gasteiger partial charge on any atom is 0.237 e. The fraction of sp³-hybridized carbons (Fsp3) is 0.162. The minimum Gasteiger partial charge on any atom is -0.311 e. The van der Waals surface area contributed by atoms with Gasteiger partial charge in [0, 0.05) is 87.4 Å². The number of aryl methyl sites for hydroxylation is 10. The van der Waals surface area contributed by atoms with Gasteiger partial charge in [-0.25, -0.2) is 0 Å². The van der Waals surface area contributed by atoms with E-state index in [1.165, 1.54) is 196 Å². The van der Waals surface area contributed by atoms with E-state index in [-0.39, 0.29) is 0 Å². The molecule has 0 aliphatic heterocycles. The highest BCUT2D eigenvalue weighted by Gasteiger charge is 2.31. The summed E-state index contributed by atoms with van der Waals surface area (Å²) in [4.78, 5) is 0. The van der Waals surface area contributed by atoms with E-state index in [0.717, 1.165) is 0 Å². The minimum atomic E-state index is 0.457. The van der Waals surface area contributed by atoms with Crippen LogP contribution in [-0.2, 0) is 28.2 Å². The zero-order valence-electron chi connectivity index (χ0n) is 75.2. The van der Waals surface area contributed by atoms with Crippen LogP contribution in [0.4, 0.5) is 0 Å². The molecule has 0 aliphatic rings. The van der Waals surface area contributed by atoms with Gasteiger partial charge in [0.15, 0.2) is 24.8 Å². The van der Waals surface area contributed by atoms with Crippen molar-refractivity contribution in [2.75, 3.05) is 0 Å². The van der Waals surface area contributed by atoms with Crippen LogP contribution in [-0.4, -0.2) is 18.3 Å². The van der Waals surface area contributed by atoms with Gasteiger partial charge in [-0.05, 0) is 198 Å². The van der Waals surface area contributed by atoms with E-state index in [0.29, 0.717) is 17.8 Å². The zero-order chi connectivity index (χ0) is 87.1. The Kier molecular flexibility index (Phi) is 25.1. The number of benzene rings is 11. The van der Waals surface area contributed by atoms with Gasteiger partial charge >= 0.3 is 0 Å². The molecule has 0 amide bonds. The molecule has 0 fully saturated rings. The van der Waals surface area contributed by atoms with Crippen molar-refractivity contribution in [3.8, 4) is 124 Å². The maximum absolute atomic E-state index is 2.51. The van der Waals surface area contributed by atoms with Crippen LogP contribution in [0.2, 0.25) is 0 Å². The molecular formula is C117H114N8+4. The third kappa shape index (κ3) is 17.4. The van der Waals surface area contributed by atoms with Crippen LogP contribution in [0, 0.1) is 41.5 Å². The van der Waals surface area contributed by atoms with Gasteiger partial charge in [-0.3, -0.25) is 0 Å². The number of aromatic nitrogens is 8. The molecule has 0 bridgehead atoms. The Morgan fingerprint density at radius 2 is 0.648 bits per heavy atom. The normalized spacial score (nSPS) is 11.3. The van der Waals surface area contributed by atoms with Crippen molar-refractivity contribution in [3.05, 3.63) is 433 Å². The highest BCUT2D eigenvalue weighted by molar-refractivity contribution is 6.02.